The molecule has 24 heavy (non-hydrogen) atoms. The number of thioether (sulfide) groups is 1. The summed E-state index contributed by atoms with van der Waals surface area (Å²) in [5.74, 6) is -0.158. The summed E-state index contributed by atoms with van der Waals surface area (Å²) in [7, 11) is 1.59. The number of aromatic nitrogens is 3. The van der Waals surface area contributed by atoms with Gasteiger partial charge in [0, 0.05) is 7.11 Å². The number of ether oxygens (including phenoxy) is 2. The SMILES string of the molecule is COC[C@@H](C)n1c(COc2ccccc2F)nnc1SCC(N)=O. The Kier molecular flexibility index (Phi) is 6.56. The third kappa shape index (κ3) is 4.68. The van der Waals surface area contributed by atoms with Crippen molar-refractivity contribution in [1.82, 2.24) is 14.8 Å². The fourth-order valence-electron chi connectivity index (χ4n) is 2.10. The Hall–Kier alpha value is -2.13. The minimum Gasteiger partial charge on any atom is -0.483 e. The second kappa shape index (κ2) is 8.65. The molecule has 0 saturated carbocycles. The van der Waals surface area contributed by atoms with Crippen LogP contribution in [0.2, 0.25) is 0 Å². The van der Waals surface area contributed by atoms with E-state index < -0.39 is 11.7 Å². The minimum atomic E-state index is -0.447. The van der Waals surface area contributed by atoms with E-state index in [9.17, 15) is 9.18 Å². The van der Waals surface area contributed by atoms with E-state index in [0.29, 0.717) is 17.6 Å². The Morgan fingerprint density at radius 3 is 2.83 bits per heavy atom. The lowest BCUT2D eigenvalue weighted by Gasteiger charge is -2.17. The number of hydrogen-bond donors (Lipinski definition) is 1. The molecular formula is C15H19FN4O3S. The topological polar surface area (TPSA) is 92.3 Å². The van der Waals surface area contributed by atoms with Crippen molar-refractivity contribution in [3.05, 3.63) is 35.9 Å². The summed E-state index contributed by atoms with van der Waals surface area (Å²) in [5, 5.41) is 8.68. The highest BCUT2D eigenvalue weighted by Crippen LogP contribution is 2.23. The lowest BCUT2D eigenvalue weighted by molar-refractivity contribution is -0.115. The first-order valence-corrected chi connectivity index (χ1v) is 8.22. The van der Waals surface area contributed by atoms with Gasteiger partial charge in [-0.3, -0.25) is 9.36 Å². The molecule has 1 aromatic heterocycles. The summed E-state index contributed by atoms with van der Waals surface area (Å²) >= 11 is 1.18. The van der Waals surface area contributed by atoms with Crippen LogP contribution in [0.5, 0.6) is 5.75 Å². The minimum absolute atomic E-state index is 0.0408. The van der Waals surface area contributed by atoms with Crippen molar-refractivity contribution in [3.8, 4) is 5.75 Å². The largest absolute Gasteiger partial charge is 0.483 e. The summed E-state index contributed by atoms with van der Waals surface area (Å²) in [4.78, 5) is 11.0. The third-order valence-electron chi connectivity index (χ3n) is 3.12. The van der Waals surface area contributed by atoms with Crippen LogP contribution in [0.4, 0.5) is 4.39 Å². The number of nitrogens with zero attached hydrogens (tertiary/aromatic N) is 3. The van der Waals surface area contributed by atoms with Crippen molar-refractivity contribution < 1.29 is 18.7 Å². The van der Waals surface area contributed by atoms with Crippen molar-refractivity contribution in [2.45, 2.75) is 24.7 Å². The van der Waals surface area contributed by atoms with E-state index in [-0.39, 0.29) is 24.2 Å². The summed E-state index contributed by atoms with van der Waals surface area (Å²) in [6, 6.07) is 6.05. The second-order valence-corrected chi connectivity index (χ2v) is 5.99. The molecule has 9 heteroatoms. The number of methoxy groups -OCH3 is 1. The Morgan fingerprint density at radius 2 is 2.17 bits per heavy atom. The average Bonchev–Trinajstić information content (AvgIpc) is 2.95. The molecule has 2 N–H and O–H groups in total. The van der Waals surface area contributed by atoms with Gasteiger partial charge in [-0.1, -0.05) is 23.9 Å². The molecule has 0 radical (unpaired) electrons. The molecule has 1 amide bonds. The van der Waals surface area contributed by atoms with Gasteiger partial charge >= 0.3 is 0 Å². The van der Waals surface area contributed by atoms with Crippen LogP contribution < -0.4 is 10.5 Å². The number of hydrogen-bond acceptors (Lipinski definition) is 6. The average molecular weight is 354 g/mol. The zero-order chi connectivity index (χ0) is 17.5. The van der Waals surface area contributed by atoms with Crippen molar-refractivity contribution in [3.63, 3.8) is 0 Å². The molecule has 1 heterocycles. The maximum Gasteiger partial charge on any atom is 0.227 e. The number of nitrogens with two attached hydrogens (primary N) is 1. The third-order valence-corrected chi connectivity index (χ3v) is 4.09. The Morgan fingerprint density at radius 1 is 1.42 bits per heavy atom. The monoisotopic (exact) mass is 354 g/mol. The van der Waals surface area contributed by atoms with Crippen molar-refractivity contribution >= 4 is 17.7 Å². The quantitative estimate of drug-likeness (QED) is 0.690. The van der Waals surface area contributed by atoms with E-state index in [1.165, 1.54) is 23.9 Å². The highest BCUT2D eigenvalue weighted by Gasteiger charge is 2.19. The molecule has 0 saturated heterocycles. The van der Waals surface area contributed by atoms with E-state index in [2.05, 4.69) is 10.2 Å². The van der Waals surface area contributed by atoms with E-state index in [1.54, 1.807) is 23.8 Å². The van der Waals surface area contributed by atoms with Gasteiger partial charge in [-0.25, -0.2) is 4.39 Å². The summed E-state index contributed by atoms with van der Waals surface area (Å²) < 4.78 is 26.1. The Bertz CT molecular complexity index is 695. The van der Waals surface area contributed by atoms with Crippen LogP contribution in [0.25, 0.3) is 0 Å². The van der Waals surface area contributed by atoms with Gasteiger partial charge in [0.2, 0.25) is 5.91 Å². The maximum absolute atomic E-state index is 13.6. The molecule has 7 nitrogen and oxygen atoms in total. The predicted molar refractivity (Wildman–Crippen MR) is 87.3 cm³/mol. The van der Waals surface area contributed by atoms with Gasteiger partial charge in [-0.15, -0.1) is 10.2 Å². The molecular weight excluding hydrogens is 335 g/mol. The van der Waals surface area contributed by atoms with Gasteiger partial charge in [0.1, 0.15) is 6.61 Å². The van der Waals surface area contributed by atoms with Gasteiger partial charge in [-0.2, -0.15) is 0 Å². The first-order valence-electron chi connectivity index (χ1n) is 7.24. The molecule has 0 fully saturated rings. The highest BCUT2D eigenvalue weighted by atomic mass is 32.2. The van der Waals surface area contributed by atoms with Crippen molar-refractivity contribution in [1.29, 1.82) is 0 Å². The molecule has 0 aliphatic carbocycles. The van der Waals surface area contributed by atoms with Crippen LogP contribution in [0, 0.1) is 5.82 Å². The molecule has 0 unspecified atom stereocenters. The molecule has 0 aliphatic rings. The molecule has 0 bridgehead atoms. The summed E-state index contributed by atoms with van der Waals surface area (Å²) in [6.45, 7) is 2.39. The number of primary amides is 1. The molecule has 0 aliphatic heterocycles. The van der Waals surface area contributed by atoms with Crippen LogP contribution in [-0.4, -0.2) is 40.1 Å². The van der Waals surface area contributed by atoms with Crippen molar-refractivity contribution in [2.24, 2.45) is 5.73 Å². The van der Waals surface area contributed by atoms with Crippen LogP contribution in [0.3, 0.4) is 0 Å². The fourth-order valence-corrected chi connectivity index (χ4v) is 2.90. The Labute approximate surface area is 143 Å². The van der Waals surface area contributed by atoms with E-state index in [4.69, 9.17) is 15.2 Å². The smallest absolute Gasteiger partial charge is 0.227 e. The zero-order valence-electron chi connectivity index (χ0n) is 13.4. The van der Waals surface area contributed by atoms with Crippen LogP contribution in [0.1, 0.15) is 18.8 Å². The lowest BCUT2D eigenvalue weighted by Crippen LogP contribution is -2.18. The number of benzene rings is 1. The number of rotatable bonds is 9. The van der Waals surface area contributed by atoms with Gasteiger partial charge in [0.25, 0.3) is 0 Å². The Balaban J connectivity index is 2.18. The fraction of sp³-hybridized carbons (Fsp3) is 0.400. The van der Waals surface area contributed by atoms with Gasteiger partial charge in [0.15, 0.2) is 22.5 Å². The summed E-state index contributed by atoms with van der Waals surface area (Å²) in [6.07, 6.45) is 0. The number of carbonyl (C=O) groups is 1. The van der Waals surface area contributed by atoms with Gasteiger partial charge < -0.3 is 15.2 Å². The van der Waals surface area contributed by atoms with E-state index in [0.717, 1.165) is 0 Å². The van der Waals surface area contributed by atoms with Crippen LogP contribution in [-0.2, 0) is 16.1 Å². The molecule has 1 atom stereocenters. The highest BCUT2D eigenvalue weighted by molar-refractivity contribution is 7.99. The summed E-state index contributed by atoms with van der Waals surface area (Å²) in [5.41, 5.74) is 5.18. The standard InChI is InChI=1S/C15H19FN4O3S/c1-10(7-22-2)20-14(18-19-15(20)24-9-13(17)21)8-23-12-6-4-3-5-11(12)16/h3-6,10H,7-9H2,1-2H3,(H2,17,21)/t10-/m1/s1. The van der Waals surface area contributed by atoms with Crippen LogP contribution >= 0.6 is 11.8 Å². The number of para-hydroxylation sites is 1. The van der Waals surface area contributed by atoms with Gasteiger partial charge in [0.05, 0.1) is 18.4 Å². The van der Waals surface area contributed by atoms with E-state index >= 15 is 0 Å². The predicted octanol–water partition coefficient (Wildman–Crippen LogP) is 1.78. The van der Waals surface area contributed by atoms with Gasteiger partial charge in [-0.05, 0) is 19.1 Å². The normalized spacial score (nSPS) is 12.1. The van der Waals surface area contributed by atoms with Crippen molar-refractivity contribution in [2.75, 3.05) is 19.5 Å². The molecule has 0 spiro atoms. The maximum atomic E-state index is 13.6. The molecule has 1 aromatic carbocycles. The number of amides is 1. The first kappa shape index (κ1) is 18.2. The molecule has 2 rings (SSSR count). The van der Waals surface area contributed by atoms with Crippen LogP contribution in [0.15, 0.2) is 29.4 Å². The first-order chi connectivity index (χ1) is 11.5. The molecule has 2 aromatic rings. The number of carbonyl (C=O) groups excluding carboxylic acids is 1. The van der Waals surface area contributed by atoms with E-state index in [1.807, 2.05) is 6.92 Å². The second-order valence-electron chi connectivity index (χ2n) is 5.05. The number of halogens is 1. The zero-order valence-corrected chi connectivity index (χ0v) is 14.3. The molecule has 130 valence electrons. The lowest BCUT2D eigenvalue weighted by atomic mass is 10.3.